The maximum absolute atomic E-state index is 14.8. The van der Waals surface area contributed by atoms with Gasteiger partial charge in [0.05, 0.1) is 23.7 Å². The molecule has 4 rings (SSSR count). The van der Waals surface area contributed by atoms with Crippen LogP contribution in [0.2, 0.25) is 0 Å². The Morgan fingerprint density at radius 3 is 2.53 bits per heavy atom. The van der Waals surface area contributed by atoms with Crippen LogP contribution in [0, 0.1) is 17.5 Å². The number of carbonyl (C=O) groups excluding carboxylic acids is 1. The minimum absolute atomic E-state index is 0. The van der Waals surface area contributed by atoms with Gasteiger partial charge in [0.15, 0.2) is 22.0 Å². The zero-order chi connectivity index (χ0) is 26.7. The van der Waals surface area contributed by atoms with Crippen molar-refractivity contribution in [3.63, 3.8) is 0 Å². The van der Waals surface area contributed by atoms with E-state index in [1.807, 2.05) is 0 Å². The zero-order valence-corrected chi connectivity index (χ0v) is 21.6. The van der Waals surface area contributed by atoms with E-state index in [1.165, 1.54) is 24.7 Å². The molecule has 0 radical (unpaired) electrons. The highest BCUT2D eigenvalue weighted by Gasteiger charge is 2.21. The minimum atomic E-state index is -1.32. The van der Waals surface area contributed by atoms with E-state index in [1.54, 1.807) is 12.3 Å². The normalized spacial score (nSPS) is 13.7. The molecule has 14 heteroatoms. The van der Waals surface area contributed by atoms with Gasteiger partial charge >= 0.3 is 5.69 Å². The summed E-state index contributed by atoms with van der Waals surface area (Å²) in [5, 5.41) is 5.86. The van der Waals surface area contributed by atoms with Crippen LogP contribution in [0.3, 0.4) is 0 Å². The van der Waals surface area contributed by atoms with Crippen molar-refractivity contribution in [1.82, 2.24) is 14.9 Å². The number of likely N-dealkylation sites (N-methyl/N-ethyl adjacent to an activating group) is 1. The number of halogens is 4. The largest absolute Gasteiger partial charge is 0.492 e. The van der Waals surface area contributed by atoms with Crippen LogP contribution < -0.4 is 36.6 Å². The molecule has 202 valence electrons. The van der Waals surface area contributed by atoms with Crippen LogP contribution in [0.15, 0.2) is 39.9 Å². The maximum atomic E-state index is 14.8. The van der Waals surface area contributed by atoms with Crippen molar-refractivity contribution in [2.45, 2.75) is 6.61 Å². The van der Waals surface area contributed by atoms with E-state index < -0.39 is 51.5 Å². The van der Waals surface area contributed by atoms with Gasteiger partial charge in [0.25, 0.3) is 5.56 Å². The third kappa shape index (κ3) is 5.41. The van der Waals surface area contributed by atoms with E-state index in [0.717, 1.165) is 18.2 Å². The number of aromatic nitrogens is 2. The average Bonchev–Trinajstić information content (AvgIpc) is 3.25. The summed E-state index contributed by atoms with van der Waals surface area (Å²) < 4.78 is 59.9. The molecule has 1 unspecified atom stereocenters. The van der Waals surface area contributed by atoms with Gasteiger partial charge in [-0.05, 0) is 41.8 Å². The van der Waals surface area contributed by atoms with Gasteiger partial charge in [-0.25, -0.2) is 27.3 Å². The molecule has 0 bridgehead atoms. The number of H-pyrrole nitrogens is 1. The van der Waals surface area contributed by atoms with Gasteiger partial charge in [0.2, 0.25) is 0 Å². The number of rotatable bonds is 9. The number of nitrogens with zero attached hydrogens (tertiary/aromatic N) is 1. The number of benzene rings is 2. The SMILES string of the molecule is CNCCOc1ccc(F)c(F)c1COc1ccc(F)c(-n2c(=O)[nH]c3c(c2=O)=C(OC)S(=C=O)C=3)c1.Cl. The molecular formula is C24H21ClF3N3O6S. The van der Waals surface area contributed by atoms with Gasteiger partial charge in [-0.1, -0.05) is 0 Å². The van der Waals surface area contributed by atoms with E-state index in [0.29, 0.717) is 11.1 Å². The first-order chi connectivity index (χ1) is 17.8. The van der Waals surface area contributed by atoms with Gasteiger partial charge in [0, 0.05) is 18.0 Å². The van der Waals surface area contributed by atoms with Crippen LogP contribution in [0.25, 0.3) is 16.2 Å². The lowest BCUT2D eigenvalue weighted by Crippen LogP contribution is -2.53. The molecule has 3 aromatic rings. The second-order valence-corrected chi connectivity index (χ2v) is 9.03. The molecule has 9 nitrogen and oxygen atoms in total. The summed E-state index contributed by atoms with van der Waals surface area (Å²) in [5.74, 6) is -3.20. The van der Waals surface area contributed by atoms with Crippen LogP contribution >= 0.6 is 22.9 Å². The Bertz CT molecular complexity index is 1690. The molecule has 0 spiro atoms. The third-order valence-electron chi connectivity index (χ3n) is 5.35. The Labute approximate surface area is 221 Å². The molecule has 0 saturated carbocycles. The van der Waals surface area contributed by atoms with Gasteiger partial charge < -0.3 is 24.5 Å². The van der Waals surface area contributed by atoms with E-state index >= 15 is 0 Å². The quantitative estimate of drug-likeness (QED) is 0.295. The Kier molecular flexibility index (Phi) is 9.23. The fourth-order valence-corrected chi connectivity index (χ4v) is 4.85. The molecule has 0 aliphatic carbocycles. The Balaban J connectivity index is 0.00000400. The topological polar surface area (TPSA) is 112 Å². The standard InChI is InChI=1S/C24H20F3N3O6S.ClH/c1-28-7-8-35-19-6-5-16(26)21(27)14(19)10-36-13-3-4-15(25)18(9-13)30-22(32)20-17(29-24(30)33)11-37(12-31)23(20)34-2;/h3-6,9,11,28H,7-8,10H2,1-2H3,(H,29,33);1H. The highest BCUT2D eigenvalue weighted by molar-refractivity contribution is 8.28. The summed E-state index contributed by atoms with van der Waals surface area (Å²) in [7, 11) is 1.64. The second-order valence-electron chi connectivity index (χ2n) is 7.58. The predicted octanol–water partition coefficient (Wildman–Crippen LogP) is 1.34. The molecule has 0 fully saturated rings. The van der Waals surface area contributed by atoms with Crippen LogP contribution in [0.1, 0.15) is 5.56 Å². The van der Waals surface area contributed by atoms with E-state index in [-0.39, 0.29) is 51.7 Å². The first-order valence-corrected chi connectivity index (χ1v) is 12.0. The molecule has 1 atom stereocenters. The second kappa shape index (κ2) is 12.2. The lowest BCUT2D eigenvalue weighted by Gasteiger charge is -2.14. The number of methoxy groups -OCH3 is 1. The van der Waals surface area contributed by atoms with E-state index in [4.69, 9.17) is 14.2 Å². The van der Waals surface area contributed by atoms with Gasteiger partial charge in [-0.15, -0.1) is 12.4 Å². The molecule has 2 aromatic carbocycles. The van der Waals surface area contributed by atoms with Gasteiger partial charge in [-0.2, -0.15) is 0 Å². The van der Waals surface area contributed by atoms with Gasteiger partial charge in [-0.3, -0.25) is 4.79 Å². The highest BCUT2D eigenvalue weighted by Crippen LogP contribution is 2.28. The number of ether oxygens (including phenoxy) is 3. The summed E-state index contributed by atoms with van der Waals surface area (Å²) in [6.07, 6.45) is 0. The molecule has 1 aliphatic rings. The molecule has 2 heterocycles. The van der Waals surface area contributed by atoms with Crippen molar-refractivity contribution in [1.29, 1.82) is 0 Å². The zero-order valence-electron chi connectivity index (χ0n) is 19.9. The van der Waals surface area contributed by atoms with Crippen LogP contribution in [-0.2, 0) is 16.1 Å². The smallest absolute Gasteiger partial charge is 0.333 e. The Morgan fingerprint density at radius 2 is 1.84 bits per heavy atom. The molecule has 0 amide bonds. The number of nitrogens with one attached hydrogen (secondary N) is 2. The van der Waals surface area contributed by atoms with Gasteiger partial charge in [0.1, 0.15) is 35.7 Å². The molecular weight excluding hydrogens is 551 g/mol. The van der Waals surface area contributed by atoms with Crippen LogP contribution in [-0.4, -0.2) is 42.1 Å². The number of aromatic amines is 1. The van der Waals surface area contributed by atoms with E-state index in [2.05, 4.69) is 10.3 Å². The lowest BCUT2D eigenvalue weighted by atomic mass is 10.2. The summed E-state index contributed by atoms with van der Waals surface area (Å²) >= 11 is 0. The first kappa shape index (κ1) is 28.8. The fraction of sp³-hybridized carbons (Fsp3) is 0.208. The number of hydrogen-bond donors (Lipinski definition) is 2. The lowest BCUT2D eigenvalue weighted by molar-refractivity contribution is 0.270. The molecule has 1 aromatic heterocycles. The van der Waals surface area contributed by atoms with Crippen LogP contribution in [0.5, 0.6) is 11.5 Å². The number of hydrogen-bond acceptors (Lipinski definition) is 7. The molecule has 2 N–H and O–H groups in total. The predicted molar refractivity (Wildman–Crippen MR) is 137 cm³/mol. The van der Waals surface area contributed by atoms with Crippen molar-refractivity contribution in [3.05, 3.63) is 84.8 Å². The molecule has 1 aliphatic heterocycles. The monoisotopic (exact) mass is 571 g/mol. The fourth-order valence-electron chi connectivity index (χ4n) is 3.61. The van der Waals surface area contributed by atoms with Crippen molar-refractivity contribution < 1.29 is 32.2 Å². The van der Waals surface area contributed by atoms with Crippen molar-refractivity contribution in [2.24, 2.45) is 0 Å². The van der Waals surface area contributed by atoms with Crippen molar-refractivity contribution in [2.75, 3.05) is 27.3 Å². The summed E-state index contributed by atoms with van der Waals surface area (Å²) in [6.45, 7) is 0.144. The summed E-state index contributed by atoms with van der Waals surface area (Å²) in [4.78, 5) is 39.6. The Hall–Kier alpha value is -3.77. The molecule has 38 heavy (non-hydrogen) atoms. The van der Waals surface area contributed by atoms with Crippen LogP contribution in [0.4, 0.5) is 13.2 Å². The highest BCUT2D eigenvalue weighted by atomic mass is 35.5. The minimum Gasteiger partial charge on any atom is -0.492 e. The van der Waals surface area contributed by atoms with E-state index in [9.17, 15) is 27.6 Å². The number of fused-ring (bicyclic) bond motifs is 1. The summed E-state index contributed by atoms with van der Waals surface area (Å²) in [6, 6.07) is 5.40. The Morgan fingerprint density at radius 1 is 1.11 bits per heavy atom. The first-order valence-electron chi connectivity index (χ1n) is 10.7. The average molecular weight is 572 g/mol. The van der Waals surface area contributed by atoms with Crippen molar-refractivity contribution >= 4 is 38.6 Å². The third-order valence-corrected chi connectivity index (χ3v) is 6.77. The summed E-state index contributed by atoms with van der Waals surface area (Å²) in [5.41, 5.74) is -2.57. The maximum Gasteiger partial charge on any atom is 0.333 e. The van der Waals surface area contributed by atoms with Crippen molar-refractivity contribution in [3.8, 4) is 17.2 Å². The molecule has 0 saturated heterocycles.